The minimum Gasteiger partial charge on any atom is -0.379 e. The molecular formula is C10H12N4O2S. The van der Waals surface area contributed by atoms with Gasteiger partial charge in [-0.15, -0.1) is 0 Å². The summed E-state index contributed by atoms with van der Waals surface area (Å²) in [5.74, 6) is -0.943. The van der Waals surface area contributed by atoms with Crippen LogP contribution in [-0.4, -0.2) is 22.7 Å². The molecule has 0 aliphatic rings. The highest BCUT2D eigenvalue weighted by Gasteiger charge is 2.10. The van der Waals surface area contributed by atoms with Crippen LogP contribution in [0.3, 0.4) is 0 Å². The lowest BCUT2D eigenvalue weighted by Gasteiger charge is -2.08. The first-order valence-corrected chi connectivity index (χ1v) is 5.64. The lowest BCUT2D eigenvalue weighted by Crippen LogP contribution is -2.20. The quantitative estimate of drug-likeness (QED) is 0.456. The van der Waals surface area contributed by atoms with Crippen molar-refractivity contribution in [2.24, 2.45) is 11.5 Å². The number of nitrogens with two attached hydrogens (primary N) is 2. The molecule has 1 aromatic carbocycles. The van der Waals surface area contributed by atoms with Gasteiger partial charge in [-0.2, -0.15) is 0 Å². The SMILES string of the molecule is N=C(N)SCC(=O)Nc1ccccc1C(N)=O. The van der Waals surface area contributed by atoms with Crippen LogP contribution in [0.15, 0.2) is 24.3 Å². The van der Waals surface area contributed by atoms with E-state index >= 15 is 0 Å². The maximum absolute atomic E-state index is 11.5. The van der Waals surface area contributed by atoms with Gasteiger partial charge in [0, 0.05) is 0 Å². The third kappa shape index (κ3) is 4.15. The van der Waals surface area contributed by atoms with E-state index in [0.717, 1.165) is 11.8 Å². The number of hydrogen-bond acceptors (Lipinski definition) is 4. The molecule has 0 radical (unpaired) electrons. The molecule has 17 heavy (non-hydrogen) atoms. The predicted molar refractivity (Wildman–Crippen MR) is 68.0 cm³/mol. The Bertz CT molecular complexity index is 461. The van der Waals surface area contributed by atoms with E-state index in [1.54, 1.807) is 18.2 Å². The van der Waals surface area contributed by atoms with Crippen molar-refractivity contribution in [3.05, 3.63) is 29.8 Å². The molecule has 90 valence electrons. The highest BCUT2D eigenvalue weighted by molar-refractivity contribution is 8.14. The predicted octanol–water partition coefficient (Wildman–Crippen LogP) is 0.351. The number of primary amides is 1. The molecule has 0 atom stereocenters. The number of anilines is 1. The van der Waals surface area contributed by atoms with E-state index in [0.29, 0.717) is 5.69 Å². The lowest BCUT2D eigenvalue weighted by atomic mass is 10.1. The summed E-state index contributed by atoms with van der Waals surface area (Å²) in [5, 5.41) is 9.36. The van der Waals surface area contributed by atoms with Gasteiger partial charge >= 0.3 is 0 Å². The molecule has 0 saturated heterocycles. The van der Waals surface area contributed by atoms with E-state index in [9.17, 15) is 9.59 Å². The number of thioether (sulfide) groups is 1. The fourth-order valence-electron chi connectivity index (χ4n) is 1.14. The van der Waals surface area contributed by atoms with Gasteiger partial charge in [-0.25, -0.2) is 0 Å². The zero-order chi connectivity index (χ0) is 12.8. The Labute approximate surface area is 102 Å². The average Bonchev–Trinajstić information content (AvgIpc) is 2.27. The van der Waals surface area contributed by atoms with Crippen molar-refractivity contribution >= 4 is 34.4 Å². The van der Waals surface area contributed by atoms with Crippen LogP contribution in [0.25, 0.3) is 0 Å². The molecule has 7 heteroatoms. The third-order valence-electron chi connectivity index (χ3n) is 1.83. The van der Waals surface area contributed by atoms with Crippen molar-refractivity contribution in [3.63, 3.8) is 0 Å². The number of para-hydroxylation sites is 1. The van der Waals surface area contributed by atoms with Gasteiger partial charge < -0.3 is 16.8 Å². The van der Waals surface area contributed by atoms with E-state index in [2.05, 4.69) is 5.32 Å². The van der Waals surface area contributed by atoms with Crippen LogP contribution in [0.2, 0.25) is 0 Å². The van der Waals surface area contributed by atoms with Gasteiger partial charge in [0.15, 0.2) is 5.17 Å². The molecule has 2 amide bonds. The number of benzene rings is 1. The van der Waals surface area contributed by atoms with Crippen LogP contribution in [-0.2, 0) is 4.79 Å². The van der Waals surface area contributed by atoms with E-state index in [4.69, 9.17) is 16.9 Å². The Morgan fingerprint density at radius 2 is 1.94 bits per heavy atom. The smallest absolute Gasteiger partial charge is 0.250 e. The van der Waals surface area contributed by atoms with Gasteiger partial charge in [-0.1, -0.05) is 23.9 Å². The Morgan fingerprint density at radius 1 is 1.29 bits per heavy atom. The number of carbonyl (C=O) groups is 2. The van der Waals surface area contributed by atoms with Crippen LogP contribution >= 0.6 is 11.8 Å². The molecular weight excluding hydrogens is 240 g/mol. The highest BCUT2D eigenvalue weighted by atomic mass is 32.2. The zero-order valence-corrected chi connectivity index (χ0v) is 9.71. The second-order valence-electron chi connectivity index (χ2n) is 3.11. The molecule has 0 spiro atoms. The van der Waals surface area contributed by atoms with Crippen molar-refractivity contribution in [2.75, 3.05) is 11.1 Å². The van der Waals surface area contributed by atoms with Crippen LogP contribution < -0.4 is 16.8 Å². The minimum absolute atomic E-state index is 0.0163. The van der Waals surface area contributed by atoms with Gasteiger partial charge in [0.1, 0.15) is 0 Å². The number of amides is 2. The molecule has 0 saturated carbocycles. The zero-order valence-electron chi connectivity index (χ0n) is 8.90. The van der Waals surface area contributed by atoms with Gasteiger partial charge in [0.05, 0.1) is 17.0 Å². The summed E-state index contributed by atoms with van der Waals surface area (Å²) in [6.45, 7) is 0. The monoisotopic (exact) mass is 252 g/mol. The Hall–Kier alpha value is -2.02. The van der Waals surface area contributed by atoms with E-state index in [1.165, 1.54) is 6.07 Å². The summed E-state index contributed by atoms with van der Waals surface area (Å²) in [6, 6.07) is 6.44. The number of carbonyl (C=O) groups excluding carboxylic acids is 2. The molecule has 6 nitrogen and oxygen atoms in total. The first-order valence-electron chi connectivity index (χ1n) is 4.66. The number of nitrogens with one attached hydrogen (secondary N) is 2. The average molecular weight is 252 g/mol. The van der Waals surface area contributed by atoms with Crippen LogP contribution in [0, 0.1) is 5.41 Å². The maximum atomic E-state index is 11.5. The second-order valence-corrected chi connectivity index (χ2v) is 4.13. The molecule has 1 rings (SSSR count). The Balaban J connectivity index is 2.71. The highest BCUT2D eigenvalue weighted by Crippen LogP contribution is 2.14. The van der Waals surface area contributed by atoms with Gasteiger partial charge in [0.25, 0.3) is 5.91 Å². The third-order valence-corrected chi connectivity index (χ3v) is 2.54. The van der Waals surface area contributed by atoms with Crippen molar-refractivity contribution in [2.45, 2.75) is 0 Å². The number of amidine groups is 1. The topological polar surface area (TPSA) is 122 Å². The lowest BCUT2D eigenvalue weighted by molar-refractivity contribution is -0.113. The van der Waals surface area contributed by atoms with Crippen LogP contribution in [0.1, 0.15) is 10.4 Å². The maximum Gasteiger partial charge on any atom is 0.250 e. The molecule has 0 bridgehead atoms. The molecule has 0 aliphatic heterocycles. The minimum atomic E-state index is -0.611. The summed E-state index contributed by atoms with van der Waals surface area (Å²) in [4.78, 5) is 22.5. The first kappa shape index (κ1) is 13.0. The summed E-state index contributed by atoms with van der Waals surface area (Å²) >= 11 is 0.906. The molecule has 0 heterocycles. The molecule has 6 N–H and O–H groups in total. The van der Waals surface area contributed by atoms with Gasteiger partial charge in [-0.05, 0) is 12.1 Å². The summed E-state index contributed by atoms with van der Waals surface area (Å²) in [7, 11) is 0. The van der Waals surface area contributed by atoms with Gasteiger partial charge in [-0.3, -0.25) is 15.0 Å². The first-order chi connectivity index (χ1) is 8.00. The molecule has 0 unspecified atom stereocenters. The summed E-state index contributed by atoms with van der Waals surface area (Å²) in [5.41, 5.74) is 10.9. The van der Waals surface area contributed by atoms with E-state index in [-0.39, 0.29) is 22.4 Å². The Morgan fingerprint density at radius 3 is 2.53 bits per heavy atom. The van der Waals surface area contributed by atoms with Crippen LogP contribution in [0.4, 0.5) is 5.69 Å². The molecule has 1 aromatic rings. The summed E-state index contributed by atoms with van der Waals surface area (Å²) in [6.07, 6.45) is 0. The largest absolute Gasteiger partial charge is 0.379 e. The van der Waals surface area contributed by atoms with E-state index in [1.807, 2.05) is 0 Å². The fraction of sp³-hybridized carbons (Fsp3) is 0.100. The van der Waals surface area contributed by atoms with E-state index < -0.39 is 5.91 Å². The normalized spacial score (nSPS) is 9.65. The van der Waals surface area contributed by atoms with Crippen molar-refractivity contribution in [1.82, 2.24) is 0 Å². The number of hydrogen-bond donors (Lipinski definition) is 4. The van der Waals surface area contributed by atoms with Gasteiger partial charge in [0.2, 0.25) is 5.91 Å². The van der Waals surface area contributed by atoms with Crippen molar-refractivity contribution < 1.29 is 9.59 Å². The molecule has 0 aliphatic carbocycles. The fourth-order valence-corrected chi connectivity index (χ4v) is 1.50. The standard InChI is InChI=1S/C10H12N4O2S/c11-9(16)6-3-1-2-4-7(6)14-8(15)5-17-10(12)13/h1-4H,5H2,(H2,11,16)(H3,12,13)(H,14,15). The second kappa shape index (κ2) is 5.90. The molecule has 0 aromatic heterocycles. The Kier molecular flexibility index (Phi) is 4.53. The summed E-state index contributed by atoms with van der Waals surface area (Å²) < 4.78 is 0. The van der Waals surface area contributed by atoms with Crippen molar-refractivity contribution in [1.29, 1.82) is 5.41 Å². The molecule has 0 fully saturated rings. The van der Waals surface area contributed by atoms with Crippen LogP contribution in [0.5, 0.6) is 0 Å². The number of rotatable bonds is 4. The van der Waals surface area contributed by atoms with Crippen molar-refractivity contribution in [3.8, 4) is 0 Å².